The van der Waals surface area contributed by atoms with Gasteiger partial charge in [-0.15, -0.1) is 0 Å². The van der Waals surface area contributed by atoms with Crippen LogP contribution in [0.2, 0.25) is 0 Å². The van der Waals surface area contributed by atoms with Crippen LogP contribution in [0, 0.1) is 6.92 Å². The Kier molecular flexibility index (Phi) is 3.03. The minimum Gasteiger partial charge on any atom is -0.326 e. The molecule has 0 fully saturated rings. The summed E-state index contributed by atoms with van der Waals surface area (Å²) in [5.41, 5.74) is 9.67. The Balaban J connectivity index is 2.94. The van der Waals surface area contributed by atoms with E-state index in [1.807, 2.05) is 13.0 Å². The summed E-state index contributed by atoms with van der Waals surface area (Å²) >= 11 is 0. The van der Waals surface area contributed by atoms with Crippen molar-refractivity contribution < 1.29 is 0 Å². The van der Waals surface area contributed by atoms with E-state index in [0.717, 1.165) is 22.9 Å². The second-order valence-corrected chi connectivity index (χ2v) is 4.38. The first-order chi connectivity index (χ1) is 8.10. The molecule has 0 aliphatic rings. The van der Waals surface area contributed by atoms with Gasteiger partial charge in [-0.05, 0) is 36.6 Å². The van der Waals surface area contributed by atoms with E-state index < -0.39 is 0 Å². The number of fused-ring (bicyclic) bond motifs is 1. The summed E-state index contributed by atoms with van der Waals surface area (Å²) in [7, 11) is 1.80. The first-order valence-corrected chi connectivity index (χ1v) is 5.91. The van der Waals surface area contributed by atoms with Gasteiger partial charge in [0.2, 0.25) is 0 Å². The topological polar surface area (TPSA) is 48.0 Å². The standard InChI is InChI=1S/C14H18N2O/c1-4-10-5-6-13-11(7-10)9(2)12(8-15)14(17)16(13)3/h5-7H,4,8,15H2,1-3H3. The molecule has 1 aromatic carbocycles. The van der Waals surface area contributed by atoms with Crippen LogP contribution in [-0.2, 0) is 20.0 Å². The van der Waals surface area contributed by atoms with Crippen molar-refractivity contribution in [2.45, 2.75) is 26.8 Å². The van der Waals surface area contributed by atoms with Gasteiger partial charge in [0, 0.05) is 24.5 Å². The molecular weight excluding hydrogens is 212 g/mol. The second kappa shape index (κ2) is 4.34. The number of rotatable bonds is 2. The Labute approximate surface area is 101 Å². The summed E-state index contributed by atoms with van der Waals surface area (Å²) in [6.45, 7) is 4.40. The van der Waals surface area contributed by atoms with Crippen LogP contribution in [0.4, 0.5) is 0 Å². The molecule has 0 spiro atoms. The maximum atomic E-state index is 12.1. The molecule has 0 amide bonds. The Morgan fingerprint density at radius 2 is 2.06 bits per heavy atom. The summed E-state index contributed by atoms with van der Waals surface area (Å²) in [6.07, 6.45) is 0.996. The molecule has 0 atom stereocenters. The van der Waals surface area contributed by atoms with Crippen molar-refractivity contribution in [1.82, 2.24) is 4.57 Å². The molecule has 0 aliphatic carbocycles. The van der Waals surface area contributed by atoms with Crippen LogP contribution < -0.4 is 11.3 Å². The van der Waals surface area contributed by atoms with Gasteiger partial charge in [-0.25, -0.2) is 0 Å². The molecule has 0 unspecified atom stereocenters. The lowest BCUT2D eigenvalue weighted by molar-refractivity contribution is 0.862. The predicted molar refractivity (Wildman–Crippen MR) is 71.2 cm³/mol. The highest BCUT2D eigenvalue weighted by molar-refractivity contribution is 5.84. The minimum absolute atomic E-state index is 0.0155. The average molecular weight is 230 g/mol. The normalized spacial score (nSPS) is 11.1. The van der Waals surface area contributed by atoms with Crippen LogP contribution in [0.3, 0.4) is 0 Å². The number of aromatic nitrogens is 1. The summed E-state index contributed by atoms with van der Waals surface area (Å²) in [5, 5.41) is 1.13. The van der Waals surface area contributed by atoms with E-state index in [-0.39, 0.29) is 5.56 Å². The third-order valence-electron chi connectivity index (χ3n) is 3.45. The van der Waals surface area contributed by atoms with Crippen LogP contribution in [0.15, 0.2) is 23.0 Å². The molecule has 0 saturated carbocycles. The van der Waals surface area contributed by atoms with Gasteiger partial charge in [-0.1, -0.05) is 13.0 Å². The molecule has 2 rings (SSSR count). The SMILES string of the molecule is CCc1ccc2c(c1)c(C)c(CN)c(=O)n2C. The molecule has 2 aromatic rings. The first-order valence-electron chi connectivity index (χ1n) is 5.91. The number of nitrogens with zero attached hydrogens (tertiary/aromatic N) is 1. The van der Waals surface area contributed by atoms with Crippen molar-refractivity contribution >= 4 is 10.9 Å². The lowest BCUT2D eigenvalue weighted by atomic mass is 10.0. The van der Waals surface area contributed by atoms with Gasteiger partial charge in [0.15, 0.2) is 0 Å². The summed E-state index contributed by atoms with van der Waals surface area (Å²) in [4.78, 5) is 12.1. The van der Waals surface area contributed by atoms with Gasteiger partial charge in [0.1, 0.15) is 0 Å². The van der Waals surface area contributed by atoms with E-state index in [1.165, 1.54) is 5.56 Å². The van der Waals surface area contributed by atoms with E-state index in [2.05, 4.69) is 19.1 Å². The summed E-state index contributed by atoms with van der Waals surface area (Å²) in [5.74, 6) is 0. The van der Waals surface area contributed by atoms with Gasteiger partial charge < -0.3 is 10.3 Å². The molecular formula is C14H18N2O. The van der Waals surface area contributed by atoms with Crippen LogP contribution in [0.1, 0.15) is 23.6 Å². The summed E-state index contributed by atoms with van der Waals surface area (Å²) in [6, 6.07) is 6.25. The molecule has 17 heavy (non-hydrogen) atoms. The highest BCUT2D eigenvalue weighted by Gasteiger charge is 2.10. The van der Waals surface area contributed by atoms with Gasteiger partial charge in [0.05, 0.1) is 5.52 Å². The monoisotopic (exact) mass is 230 g/mol. The van der Waals surface area contributed by atoms with E-state index in [0.29, 0.717) is 12.1 Å². The highest BCUT2D eigenvalue weighted by atomic mass is 16.1. The molecule has 1 aromatic heterocycles. The molecule has 90 valence electrons. The first kappa shape index (κ1) is 11.9. The Bertz CT molecular complexity index is 626. The number of hydrogen-bond donors (Lipinski definition) is 1. The molecule has 0 bridgehead atoms. The third kappa shape index (κ3) is 1.76. The van der Waals surface area contributed by atoms with Crippen molar-refractivity contribution in [2.24, 2.45) is 12.8 Å². The van der Waals surface area contributed by atoms with Crippen LogP contribution >= 0.6 is 0 Å². The maximum Gasteiger partial charge on any atom is 0.255 e. The fraction of sp³-hybridized carbons (Fsp3) is 0.357. The van der Waals surface area contributed by atoms with Crippen molar-refractivity contribution in [3.05, 3.63) is 45.2 Å². The van der Waals surface area contributed by atoms with Gasteiger partial charge in [-0.3, -0.25) is 4.79 Å². The maximum absolute atomic E-state index is 12.1. The number of pyridine rings is 1. The third-order valence-corrected chi connectivity index (χ3v) is 3.45. The van der Waals surface area contributed by atoms with Crippen LogP contribution in [-0.4, -0.2) is 4.57 Å². The molecule has 0 radical (unpaired) electrons. The minimum atomic E-state index is 0.0155. The lowest BCUT2D eigenvalue weighted by Gasteiger charge is -2.12. The van der Waals surface area contributed by atoms with Crippen LogP contribution in [0.5, 0.6) is 0 Å². The Hall–Kier alpha value is -1.61. The number of benzene rings is 1. The zero-order valence-corrected chi connectivity index (χ0v) is 10.6. The molecule has 3 nitrogen and oxygen atoms in total. The fourth-order valence-corrected chi connectivity index (χ4v) is 2.27. The smallest absolute Gasteiger partial charge is 0.255 e. The largest absolute Gasteiger partial charge is 0.326 e. The van der Waals surface area contributed by atoms with Crippen molar-refractivity contribution in [2.75, 3.05) is 0 Å². The van der Waals surface area contributed by atoms with E-state index in [4.69, 9.17) is 5.73 Å². The number of aryl methyl sites for hydroxylation is 3. The van der Waals surface area contributed by atoms with Gasteiger partial charge in [0.25, 0.3) is 5.56 Å². The average Bonchev–Trinajstić information content (AvgIpc) is 2.36. The lowest BCUT2D eigenvalue weighted by Crippen LogP contribution is -2.25. The quantitative estimate of drug-likeness (QED) is 0.856. The fourth-order valence-electron chi connectivity index (χ4n) is 2.27. The van der Waals surface area contributed by atoms with Crippen molar-refractivity contribution in [1.29, 1.82) is 0 Å². The number of hydrogen-bond acceptors (Lipinski definition) is 2. The van der Waals surface area contributed by atoms with Gasteiger partial charge >= 0.3 is 0 Å². The van der Waals surface area contributed by atoms with Gasteiger partial charge in [-0.2, -0.15) is 0 Å². The van der Waals surface area contributed by atoms with Crippen molar-refractivity contribution in [3.8, 4) is 0 Å². The summed E-state index contributed by atoms with van der Waals surface area (Å²) < 4.78 is 1.68. The van der Waals surface area contributed by atoms with E-state index in [9.17, 15) is 4.79 Å². The Morgan fingerprint density at radius 1 is 1.35 bits per heavy atom. The molecule has 0 aliphatic heterocycles. The molecule has 1 heterocycles. The molecule has 2 N–H and O–H groups in total. The zero-order chi connectivity index (χ0) is 12.6. The predicted octanol–water partition coefficient (Wildman–Crippen LogP) is 1.87. The Morgan fingerprint density at radius 3 is 2.65 bits per heavy atom. The molecule has 0 saturated heterocycles. The highest BCUT2D eigenvalue weighted by Crippen LogP contribution is 2.20. The zero-order valence-electron chi connectivity index (χ0n) is 10.6. The van der Waals surface area contributed by atoms with E-state index in [1.54, 1.807) is 11.6 Å². The van der Waals surface area contributed by atoms with Crippen LogP contribution in [0.25, 0.3) is 10.9 Å². The molecule has 3 heteroatoms. The number of nitrogens with two attached hydrogens (primary N) is 1. The van der Waals surface area contributed by atoms with E-state index >= 15 is 0 Å². The second-order valence-electron chi connectivity index (χ2n) is 4.38. The van der Waals surface area contributed by atoms with Crippen molar-refractivity contribution in [3.63, 3.8) is 0 Å².